The number of pyridine rings is 1. The summed E-state index contributed by atoms with van der Waals surface area (Å²) in [5, 5.41) is 19.7. The van der Waals surface area contributed by atoms with Crippen molar-refractivity contribution in [2.45, 2.75) is 0 Å². The van der Waals surface area contributed by atoms with Gasteiger partial charge in [-0.25, -0.2) is 0 Å². The van der Waals surface area contributed by atoms with Gasteiger partial charge in [-0.2, -0.15) is 0 Å². The van der Waals surface area contributed by atoms with Crippen molar-refractivity contribution in [3.63, 3.8) is 0 Å². The van der Waals surface area contributed by atoms with Crippen molar-refractivity contribution in [1.82, 2.24) is 4.57 Å². The van der Waals surface area contributed by atoms with Gasteiger partial charge in [0.2, 0.25) is 0 Å². The summed E-state index contributed by atoms with van der Waals surface area (Å²) in [4.78, 5) is 12.4. The molecule has 0 aliphatic carbocycles. The molecule has 5 heteroatoms. The molecule has 0 saturated carbocycles. The Morgan fingerprint density at radius 1 is 0.900 bits per heavy atom. The summed E-state index contributed by atoms with van der Waals surface area (Å²) < 4.78 is 1.41. The lowest BCUT2D eigenvalue weighted by Crippen LogP contribution is -2.24. The molecule has 0 amide bonds. The Morgan fingerprint density at radius 2 is 1.55 bits per heavy atom. The maximum Gasteiger partial charge on any atom is 0.262 e. The van der Waals surface area contributed by atoms with E-state index in [-0.39, 0.29) is 17.1 Å². The number of nitrogens with zero attached hydrogens (tertiary/aromatic N) is 1. The predicted molar refractivity (Wildman–Crippen MR) is 78.3 cm³/mol. The first-order valence-corrected chi connectivity index (χ1v) is 5.99. The third-order valence-electron chi connectivity index (χ3n) is 3.16. The fourth-order valence-electron chi connectivity index (χ4n) is 2.16. The molecule has 0 aliphatic heterocycles. The lowest BCUT2D eigenvalue weighted by Gasteiger charge is -2.10. The molecular formula is C15H10BNO3. The topological polar surface area (TPSA) is 62.5 Å². The monoisotopic (exact) mass is 263 g/mol. The van der Waals surface area contributed by atoms with Gasteiger partial charge in [0.25, 0.3) is 5.56 Å². The number of benzene rings is 2. The minimum atomic E-state index is -0.236. The molecule has 2 radical (unpaired) electrons. The third kappa shape index (κ3) is 1.93. The van der Waals surface area contributed by atoms with E-state index in [2.05, 4.69) is 0 Å². The second kappa shape index (κ2) is 4.45. The standard InChI is InChI=1S/C15H10BNO3/c16-14-8-17(9-1-3-10(18)4-2-9)15(20)12-6-5-11(19)7-13(12)14/h1-8,18-19H. The van der Waals surface area contributed by atoms with Gasteiger partial charge in [0, 0.05) is 17.3 Å². The quantitative estimate of drug-likeness (QED) is 0.648. The zero-order valence-corrected chi connectivity index (χ0v) is 10.4. The fourth-order valence-corrected chi connectivity index (χ4v) is 2.16. The van der Waals surface area contributed by atoms with E-state index in [1.807, 2.05) is 0 Å². The van der Waals surface area contributed by atoms with Crippen molar-refractivity contribution in [2.75, 3.05) is 0 Å². The number of phenolic OH excluding ortho intramolecular Hbond substituents is 2. The van der Waals surface area contributed by atoms with Gasteiger partial charge in [-0.3, -0.25) is 9.36 Å². The molecule has 0 atom stereocenters. The van der Waals surface area contributed by atoms with Crippen LogP contribution in [0.3, 0.4) is 0 Å². The molecule has 0 aliphatic rings. The largest absolute Gasteiger partial charge is 0.508 e. The van der Waals surface area contributed by atoms with Crippen molar-refractivity contribution in [2.24, 2.45) is 0 Å². The van der Waals surface area contributed by atoms with E-state index in [0.29, 0.717) is 21.9 Å². The molecule has 2 N–H and O–H groups in total. The molecule has 0 bridgehead atoms. The van der Waals surface area contributed by atoms with Gasteiger partial charge in [0.05, 0.1) is 0 Å². The SMILES string of the molecule is [B]c1cn(-c2ccc(O)cc2)c(=O)c2ccc(O)cc12. The summed E-state index contributed by atoms with van der Waals surface area (Å²) in [7, 11) is 5.94. The van der Waals surface area contributed by atoms with Crippen molar-refractivity contribution in [3.8, 4) is 17.2 Å². The molecule has 4 nitrogen and oxygen atoms in total. The first-order valence-electron chi connectivity index (χ1n) is 5.99. The van der Waals surface area contributed by atoms with Gasteiger partial charge in [0.15, 0.2) is 0 Å². The Bertz CT molecular complexity index is 853. The Kier molecular flexibility index (Phi) is 2.75. The number of hydrogen-bond donors (Lipinski definition) is 2. The summed E-state index contributed by atoms with van der Waals surface area (Å²) in [5.74, 6) is 0.187. The lowest BCUT2D eigenvalue weighted by molar-refractivity contribution is 0.475. The average Bonchev–Trinajstić information content (AvgIpc) is 2.44. The van der Waals surface area contributed by atoms with E-state index in [1.54, 1.807) is 18.2 Å². The normalized spacial score (nSPS) is 10.8. The average molecular weight is 263 g/mol. The van der Waals surface area contributed by atoms with Crippen LogP contribution in [0.15, 0.2) is 53.5 Å². The molecular weight excluding hydrogens is 253 g/mol. The molecule has 1 aromatic heterocycles. The molecule has 0 fully saturated rings. The molecule has 0 saturated heterocycles. The van der Waals surface area contributed by atoms with Crippen LogP contribution < -0.4 is 11.0 Å². The van der Waals surface area contributed by atoms with Crippen LogP contribution in [0.5, 0.6) is 11.5 Å². The van der Waals surface area contributed by atoms with E-state index < -0.39 is 0 Å². The summed E-state index contributed by atoms with van der Waals surface area (Å²) in [5.41, 5.74) is 0.762. The fraction of sp³-hybridized carbons (Fsp3) is 0. The summed E-state index contributed by atoms with van der Waals surface area (Å²) in [6, 6.07) is 10.7. The number of aromatic nitrogens is 1. The Morgan fingerprint density at radius 3 is 2.25 bits per heavy atom. The predicted octanol–water partition coefficient (Wildman–Crippen LogP) is 1.20. The highest BCUT2D eigenvalue weighted by atomic mass is 16.3. The summed E-state index contributed by atoms with van der Waals surface area (Å²) in [6.45, 7) is 0. The number of fused-ring (bicyclic) bond motifs is 1. The molecule has 0 spiro atoms. The van der Waals surface area contributed by atoms with E-state index in [1.165, 1.54) is 35.0 Å². The second-order valence-corrected chi connectivity index (χ2v) is 4.51. The van der Waals surface area contributed by atoms with E-state index in [4.69, 9.17) is 7.85 Å². The van der Waals surface area contributed by atoms with Gasteiger partial charge in [-0.1, -0.05) is 5.46 Å². The van der Waals surface area contributed by atoms with Crippen LogP contribution in [0.1, 0.15) is 0 Å². The molecule has 0 unspecified atom stereocenters. The highest BCUT2D eigenvalue weighted by molar-refractivity contribution is 6.38. The van der Waals surface area contributed by atoms with E-state index >= 15 is 0 Å². The smallest absolute Gasteiger partial charge is 0.262 e. The zero-order chi connectivity index (χ0) is 14.3. The van der Waals surface area contributed by atoms with Crippen LogP contribution in [0, 0.1) is 0 Å². The lowest BCUT2D eigenvalue weighted by atomic mass is 9.92. The van der Waals surface area contributed by atoms with Crippen LogP contribution in [-0.2, 0) is 0 Å². The molecule has 1 heterocycles. The first-order chi connectivity index (χ1) is 9.56. The summed E-state index contributed by atoms with van der Waals surface area (Å²) >= 11 is 0. The van der Waals surface area contributed by atoms with Crippen molar-refractivity contribution in [3.05, 3.63) is 59.0 Å². The second-order valence-electron chi connectivity index (χ2n) is 4.51. The Hall–Kier alpha value is -2.69. The molecule has 20 heavy (non-hydrogen) atoms. The Balaban J connectivity index is 2.33. The van der Waals surface area contributed by atoms with Crippen molar-refractivity contribution >= 4 is 24.1 Å². The maximum absolute atomic E-state index is 12.4. The number of aromatic hydroxyl groups is 2. The highest BCUT2D eigenvalue weighted by Gasteiger charge is 2.08. The first kappa shape index (κ1) is 12.4. The van der Waals surface area contributed by atoms with Gasteiger partial charge in [-0.05, 0) is 47.9 Å². The van der Waals surface area contributed by atoms with Crippen molar-refractivity contribution in [1.29, 1.82) is 0 Å². The van der Waals surface area contributed by atoms with Crippen LogP contribution >= 0.6 is 0 Å². The van der Waals surface area contributed by atoms with Crippen LogP contribution in [0.2, 0.25) is 0 Å². The number of rotatable bonds is 1. The Labute approximate surface area is 116 Å². The molecule has 3 aromatic rings. The van der Waals surface area contributed by atoms with E-state index in [9.17, 15) is 15.0 Å². The van der Waals surface area contributed by atoms with E-state index in [0.717, 1.165) is 0 Å². The zero-order valence-electron chi connectivity index (χ0n) is 10.4. The van der Waals surface area contributed by atoms with Crippen LogP contribution in [0.25, 0.3) is 16.5 Å². The van der Waals surface area contributed by atoms with Crippen LogP contribution in [0.4, 0.5) is 0 Å². The van der Waals surface area contributed by atoms with Gasteiger partial charge < -0.3 is 10.2 Å². The number of phenols is 2. The third-order valence-corrected chi connectivity index (χ3v) is 3.16. The van der Waals surface area contributed by atoms with Crippen LogP contribution in [-0.4, -0.2) is 22.6 Å². The number of hydrogen-bond acceptors (Lipinski definition) is 3. The maximum atomic E-state index is 12.4. The minimum absolute atomic E-state index is 0.0611. The molecule has 96 valence electrons. The van der Waals surface area contributed by atoms with Gasteiger partial charge in [0.1, 0.15) is 19.3 Å². The highest BCUT2D eigenvalue weighted by Crippen LogP contribution is 2.17. The van der Waals surface area contributed by atoms with Crippen molar-refractivity contribution < 1.29 is 10.2 Å². The minimum Gasteiger partial charge on any atom is -0.508 e. The molecule has 2 aromatic carbocycles. The van der Waals surface area contributed by atoms with Gasteiger partial charge >= 0.3 is 0 Å². The molecule has 3 rings (SSSR count). The van der Waals surface area contributed by atoms with Gasteiger partial charge in [-0.15, -0.1) is 0 Å². The summed E-state index contributed by atoms with van der Waals surface area (Å²) in [6.07, 6.45) is 1.51.